The molecule has 0 radical (unpaired) electrons. The highest BCUT2D eigenvalue weighted by molar-refractivity contribution is 7.19. The van der Waals surface area contributed by atoms with Crippen molar-refractivity contribution in [1.29, 1.82) is 0 Å². The number of aromatic nitrogens is 1. The molecule has 1 aromatic heterocycles. The number of likely N-dealkylation sites (N-methyl/N-ethyl adjacent to an activating group) is 1. The summed E-state index contributed by atoms with van der Waals surface area (Å²) in [4.78, 5) is 18.2. The molecule has 2 aromatic carbocycles. The first-order chi connectivity index (χ1) is 10.2. The summed E-state index contributed by atoms with van der Waals surface area (Å²) in [6.45, 7) is 0. The lowest BCUT2D eigenvalue weighted by Gasteiger charge is -2.14. The van der Waals surface area contributed by atoms with E-state index in [4.69, 9.17) is 0 Å². The van der Waals surface area contributed by atoms with Crippen LogP contribution in [-0.2, 0) is 4.79 Å². The van der Waals surface area contributed by atoms with Crippen LogP contribution in [0, 0.1) is 0 Å². The van der Waals surface area contributed by atoms with E-state index in [1.54, 1.807) is 35.4 Å². The number of carbonyl (C=O) groups excluding carboxylic acids is 1. The number of nitrogens with zero attached hydrogens (tertiary/aromatic N) is 2. The third-order valence-corrected chi connectivity index (χ3v) is 4.15. The summed E-state index contributed by atoms with van der Waals surface area (Å²) in [6, 6.07) is 17.5. The van der Waals surface area contributed by atoms with Gasteiger partial charge >= 0.3 is 0 Å². The van der Waals surface area contributed by atoms with E-state index in [0.717, 1.165) is 20.9 Å². The van der Waals surface area contributed by atoms with Gasteiger partial charge in [-0.1, -0.05) is 30.3 Å². The minimum Gasteiger partial charge on any atom is -0.312 e. The van der Waals surface area contributed by atoms with Crippen LogP contribution in [0.15, 0.2) is 60.7 Å². The fourth-order valence-corrected chi connectivity index (χ4v) is 2.86. The van der Waals surface area contributed by atoms with Gasteiger partial charge in [0.2, 0.25) is 0 Å². The molecule has 1 amide bonds. The lowest BCUT2D eigenvalue weighted by atomic mass is 10.3. The van der Waals surface area contributed by atoms with Gasteiger partial charge in [0, 0.05) is 18.8 Å². The van der Waals surface area contributed by atoms with Gasteiger partial charge in [0.25, 0.3) is 5.91 Å². The predicted molar refractivity (Wildman–Crippen MR) is 88.5 cm³/mol. The molecular weight excluding hydrogens is 280 g/mol. The van der Waals surface area contributed by atoms with Crippen molar-refractivity contribution in [2.45, 2.75) is 0 Å². The Kier molecular flexibility index (Phi) is 3.79. The lowest BCUT2D eigenvalue weighted by Crippen LogP contribution is -2.23. The predicted octanol–water partition coefficient (Wildman–Crippen LogP) is 3.97. The monoisotopic (exact) mass is 294 g/mol. The van der Waals surface area contributed by atoms with Crippen LogP contribution < -0.4 is 4.90 Å². The van der Waals surface area contributed by atoms with Crippen LogP contribution in [-0.4, -0.2) is 17.9 Å². The standard InChI is InChI=1S/C17H14N2OS/c1-19(13-7-3-2-4-8-13)17(20)12-11-16-18-14-9-5-6-10-15(14)21-16/h2-12H,1H3. The van der Waals surface area contributed by atoms with Crippen molar-refractivity contribution in [3.05, 3.63) is 65.7 Å². The summed E-state index contributed by atoms with van der Waals surface area (Å²) in [5.41, 5.74) is 1.84. The van der Waals surface area contributed by atoms with Gasteiger partial charge in [-0.15, -0.1) is 11.3 Å². The second-order valence-electron chi connectivity index (χ2n) is 4.59. The number of para-hydroxylation sites is 2. The van der Waals surface area contributed by atoms with Gasteiger partial charge in [-0.2, -0.15) is 0 Å². The van der Waals surface area contributed by atoms with E-state index in [0.29, 0.717) is 0 Å². The molecule has 0 bridgehead atoms. The zero-order valence-electron chi connectivity index (χ0n) is 11.6. The average Bonchev–Trinajstić information content (AvgIpc) is 2.95. The van der Waals surface area contributed by atoms with Crippen LogP contribution in [0.5, 0.6) is 0 Å². The molecule has 0 unspecified atom stereocenters. The highest BCUT2D eigenvalue weighted by Crippen LogP contribution is 2.22. The Morgan fingerprint density at radius 1 is 1.10 bits per heavy atom. The highest BCUT2D eigenvalue weighted by Gasteiger charge is 2.07. The van der Waals surface area contributed by atoms with Crippen LogP contribution >= 0.6 is 11.3 Å². The van der Waals surface area contributed by atoms with Crippen molar-refractivity contribution in [1.82, 2.24) is 4.98 Å². The second kappa shape index (κ2) is 5.89. The Labute approximate surface area is 127 Å². The smallest absolute Gasteiger partial charge is 0.250 e. The first-order valence-electron chi connectivity index (χ1n) is 6.60. The van der Waals surface area contributed by atoms with Gasteiger partial charge in [-0.05, 0) is 30.3 Å². The van der Waals surface area contributed by atoms with Gasteiger partial charge < -0.3 is 4.90 Å². The normalized spacial score (nSPS) is 11.1. The largest absolute Gasteiger partial charge is 0.312 e. The molecule has 3 aromatic rings. The minimum absolute atomic E-state index is 0.0690. The van der Waals surface area contributed by atoms with E-state index in [-0.39, 0.29) is 5.91 Å². The van der Waals surface area contributed by atoms with Crippen molar-refractivity contribution in [2.24, 2.45) is 0 Å². The number of fused-ring (bicyclic) bond motifs is 1. The number of carbonyl (C=O) groups is 1. The van der Waals surface area contributed by atoms with E-state index in [2.05, 4.69) is 4.98 Å². The number of hydrogen-bond donors (Lipinski definition) is 0. The summed E-state index contributed by atoms with van der Waals surface area (Å²) in [7, 11) is 1.76. The van der Waals surface area contributed by atoms with Crippen LogP contribution in [0.1, 0.15) is 5.01 Å². The maximum absolute atomic E-state index is 12.1. The zero-order valence-corrected chi connectivity index (χ0v) is 12.4. The summed E-state index contributed by atoms with van der Waals surface area (Å²) >= 11 is 1.58. The van der Waals surface area contributed by atoms with Gasteiger partial charge in [-0.3, -0.25) is 4.79 Å². The molecule has 3 nitrogen and oxygen atoms in total. The summed E-state index contributed by atoms with van der Waals surface area (Å²) in [5, 5.41) is 0.839. The molecule has 0 aliphatic rings. The zero-order chi connectivity index (χ0) is 14.7. The molecule has 3 rings (SSSR count). The number of benzene rings is 2. The molecule has 0 spiro atoms. The molecule has 21 heavy (non-hydrogen) atoms. The Balaban J connectivity index is 1.77. The van der Waals surface area contributed by atoms with E-state index in [9.17, 15) is 4.79 Å². The van der Waals surface area contributed by atoms with Crippen molar-refractivity contribution in [3.8, 4) is 0 Å². The van der Waals surface area contributed by atoms with Crippen molar-refractivity contribution in [2.75, 3.05) is 11.9 Å². The molecule has 0 fully saturated rings. The quantitative estimate of drug-likeness (QED) is 0.685. The van der Waals surface area contributed by atoms with E-state index in [1.165, 1.54) is 0 Å². The maximum Gasteiger partial charge on any atom is 0.250 e. The third-order valence-electron chi connectivity index (χ3n) is 3.15. The van der Waals surface area contributed by atoms with Gasteiger partial charge in [0.1, 0.15) is 5.01 Å². The van der Waals surface area contributed by atoms with Gasteiger partial charge in [-0.25, -0.2) is 4.98 Å². The van der Waals surface area contributed by atoms with E-state index < -0.39 is 0 Å². The average molecular weight is 294 g/mol. The number of thiazole rings is 1. The fraction of sp³-hybridized carbons (Fsp3) is 0.0588. The Bertz CT molecular complexity index is 760. The Hall–Kier alpha value is -2.46. The number of amides is 1. The fourth-order valence-electron chi connectivity index (χ4n) is 1.99. The van der Waals surface area contributed by atoms with Gasteiger partial charge in [0.05, 0.1) is 10.2 Å². The molecule has 1 heterocycles. The molecule has 0 aliphatic carbocycles. The van der Waals surface area contributed by atoms with Crippen LogP contribution in [0.2, 0.25) is 0 Å². The van der Waals surface area contributed by atoms with Crippen LogP contribution in [0.25, 0.3) is 16.3 Å². The highest BCUT2D eigenvalue weighted by atomic mass is 32.1. The number of anilines is 1. The molecule has 0 N–H and O–H groups in total. The van der Waals surface area contributed by atoms with E-state index >= 15 is 0 Å². The minimum atomic E-state index is -0.0690. The van der Waals surface area contributed by atoms with Crippen LogP contribution in [0.4, 0.5) is 5.69 Å². The maximum atomic E-state index is 12.1. The van der Waals surface area contributed by atoms with Crippen molar-refractivity contribution < 1.29 is 4.79 Å². The van der Waals surface area contributed by atoms with Crippen molar-refractivity contribution in [3.63, 3.8) is 0 Å². The molecule has 104 valence electrons. The third kappa shape index (κ3) is 3.01. The molecule has 0 saturated heterocycles. The summed E-state index contributed by atoms with van der Waals surface area (Å²) in [5.74, 6) is -0.0690. The molecular formula is C17H14N2OS. The molecule has 0 saturated carbocycles. The lowest BCUT2D eigenvalue weighted by molar-refractivity contribution is -0.113. The summed E-state index contributed by atoms with van der Waals surface area (Å²) < 4.78 is 1.13. The van der Waals surface area contributed by atoms with Gasteiger partial charge in [0.15, 0.2) is 0 Å². The topological polar surface area (TPSA) is 33.2 Å². The SMILES string of the molecule is CN(C(=O)C=Cc1nc2ccccc2s1)c1ccccc1. The first-order valence-corrected chi connectivity index (χ1v) is 7.42. The summed E-state index contributed by atoms with van der Waals surface area (Å²) in [6.07, 6.45) is 3.33. The van der Waals surface area contributed by atoms with Crippen molar-refractivity contribution >= 4 is 39.2 Å². The first kappa shape index (κ1) is 13.5. The van der Waals surface area contributed by atoms with Crippen LogP contribution in [0.3, 0.4) is 0 Å². The Morgan fingerprint density at radius 2 is 1.81 bits per heavy atom. The molecule has 0 atom stereocenters. The molecule has 0 aliphatic heterocycles. The number of hydrogen-bond acceptors (Lipinski definition) is 3. The number of rotatable bonds is 3. The second-order valence-corrected chi connectivity index (χ2v) is 5.65. The molecule has 4 heteroatoms. The Morgan fingerprint density at radius 3 is 2.57 bits per heavy atom. The van der Waals surface area contributed by atoms with E-state index in [1.807, 2.05) is 54.6 Å².